The predicted octanol–water partition coefficient (Wildman–Crippen LogP) is 2.53. The van der Waals surface area contributed by atoms with Crippen molar-refractivity contribution in [2.45, 2.75) is 18.3 Å². The molecule has 3 heteroatoms. The topological polar surface area (TPSA) is 27.0 Å². The quantitative estimate of drug-likeness (QED) is 0.401. The van der Waals surface area contributed by atoms with E-state index in [1.54, 1.807) is 0 Å². The van der Waals surface area contributed by atoms with Gasteiger partial charge >= 0.3 is 0 Å². The highest BCUT2D eigenvalue weighted by Gasteiger charge is 2.23. The van der Waals surface area contributed by atoms with Crippen LogP contribution < -0.4 is 4.90 Å². The van der Waals surface area contributed by atoms with Gasteiger partial charge in [0.1, 0.15) is 12.0 Å². The van der Waals surface area contributed by atoms with Crippen LogP contribution in [0.5, 0.6) is 0 Å². The standard InChI is InChI=1S/C11H11ClN2/c12-11-6-5-9-3-1-2-4-10(9)14(11)8-7-13/h1-4,11H,5-6,8H2/t11-/m1/s1. The van der Waals surface area contributed by atoms with E-state index in [1.807, 2.05) is 23.1 Å². The lowest BCUT2D eigenvalue weighted by atomic mass is 10.0. The third-order valence-corrected chi connectivity index (χ3v) is 2.99. The molecule has 1 heterocycles. The SMILES string of the molecule is N#CCN1c2ccccc2CC[C@@H]1Cl. The average Bonchev–Trinajstić information content (AvgIpc) is 2.23. The van der Waals surface area contributed by atoms with Crippen LogP contribution in [-0.2, 0) is 6.42 Å². The van der Waals surface area contributed by atoms with Crippen LogP contribution in [0.1, 0.15) is 12.0 Å². The molecule has 0 fully saturated rings. The van der Waals surface area contributed by atoms with Gasteiger partial charge in [0.2, 0.25) is 0 Å². The highest BCUT2D eigenvalue weighted by Crippen LogP contribution is 2.31. The maximum absolute atomic E-state index is 8.71. The summed E-state index contributed by atoms with van der Waals surface area (Å²) in [7, 11) is 0. The molecular weight excluding hydrogens is 196 g/mol. The van der Waals surface area contributed by atoms with Gasteiger partial charge < -0.3 is 4.90 Å². The van der Waals surface area contributed by atoms with Gasteiger partial charge in [0.15, 0.2) is 0 Å². The number of fused-ring (bicyclic) bond motifs is 1. The minimum Gasteiger partial charge on any atom is -0.342 e. The number of benzene rings is 1. The molecule has 0 spiro atoms. The highest BCUT2D eigenvalue weighted by molar-refractivity contribution is 6.22. The summed E-state index contributed by atoms with van der Waals surface area (Å²) in [5, 5.41) is 8.71. The third-order valence-electron chi connectivity index (χ3n) is 2.53. The van der Waals surface area contributed by atoms with Crippen molar-refractivity contribution in [2.75, 3.05) is 11.4 Å². The minimum atomic E-state index is -0.0375. The zero-order valence-electron chi connectivity index (χ0n) is 7.78. The number of alkyl halides is 1. The normalized spacial score (nSPS) is 20.0. The molecule has 0 aliphatic carbocycles. The van der Waals surface area contributed by atoms with Crippen molar-refractivity contribution in [1.82, 2.24) is 0 Å². The lowest BCUT2D eigenvalue weighted by Crippen LogP contribution is -2.35. The summed E-state index contributed by atoms with van der Waals surface area (Å²) in [5.74, 6) is 0. The number of para-hydroxylation sites is 1. The van der Waals surface area contributed by atoms with E-state index in [1.165, 1.54) is 5.56 Å². The molecule has 0 aromatic heterocycles. The summed E-state index contributed by atoms with van der Waals surface area (Å²) in [6.45, 7) is 0.366. The first kappa shape index (κ1) is 9.36. The van der Waals surface area contributed by atoms with Gasteiger partial charge in [-0.05, 0) is 24.5 Å². The zero-order chi connectivity index (χ0) is 9.97. The maximum Gasteiger partial charge on any atom is 0.107 e. The van der Waals surface area contributed by atoms with Crippen LogP contribution in [0.3, 0.4) is 0 Å². The van der Waals surface area contributed by atoms with Gasteiger partial charge in [-0.1, -0.05) is 29.8 Å². The zero-order valence-corrected chi connectivity index (χ0v) is 8.54. The summed E-state index contributed by atoms with van der Waals surface area (Å²) in [5.41, 5.74) is 2.37. The number of hydrogen-bond donors (Lipinski definition) is 0. The molecule has 0 amide bonds. The molecule has 1 aromatic carbocycles. The second-order valence-corrected chi connectivity index (χ2v) is 3.89. The molecule has 0 saturated heterocycles. The Morgan fingerprint density at radius 3 is 3.07 bits per heavy atom. The van der Waals surface area contributed by atoms with Crippen LogP contribution in [0.2, 0.25) is 0 Å². The second kappa shape index (κ2) is 3.89. The van der Waals surface area contributed by atoms with Crippen molar-refractivity contribution in [3.05, 3.63) is 29.8 Å². The van der Waals surface area contributed by atoms with Gasteiger partial charge in [0.25, 0.3) is 0 Å². The number of anilines is 1. The van der Waals surface area contributed by atoms with E-state index in [0.717, 1.165) is 18.5 Å². The van der Waals surface area contributed by atoms with E-state index in [2.05, 4.69) is 12.1 Å². The van der Waals surface area contributed by atoms with E-state index < -0.39 is 0 Å². The molecule has 72 valence electrons. The van der Waals surface area contributed by atoms with E-state index >= 15 is 0 Å². The fourth-order valence-corrected chi connectivity index (χ4v) is 2.13. The van der Waals surface area contributed by atoms with E-state index in [4.69, 9.17) is 16.9 Å². The van der Waals surface area contributed by atoms with E-state index in [9.17, 15) is 0 Å². The van der Waals surface area contributed by atoms with Crippen LogP contribution in [0, 0.1) is 11.3 Å². The Kier molecular flexibility index (Phi) is 2.60. The summed E-state index contributed by atoms with van der Waals surface area (Å²) in [6.07, 6.45) is 1.92. The number of halogens is 1. The molecule has 1 atom stereocenters. The van der Waals surface area contributed by atoms with Gasteiger partial charge in [-0.25, -0.2) is 0 Å². The van der Waals surface area contributed by atoms with Crippen LogP contribution in [0.25, 0.3) is 0 Å². The van der Waals surface area contributed by atoms with Gasteiger partial charge in [-0.3, -0.25) is 0 Å². The third kappa shape index (κ3) is 1.56. The average molecular weight is 207 g/mol. The van der Waals surface area contributed by atoms with Crippen molar-refractivity contribution < 1.29 is 0 Å². The Morgan fingerprint density at radius 2 is 2.29 bits per heavy atom. The van der Waals surface area contributed by atoms with Gasteiger partial charge in [-0.15, -0.1) is 0 Å². The molecule has 1 aliphatic heterocycles. The van der Waals surface area contributed by atoms with Crippen molar-refractivity contribution in [1.29, 1.82) is 5.26 Å². The number of nitrogens with zero attached hydrogens (tertiary/aromatic N) is 2. The molecular formula is C11H11ClN2. The van der Waals surface area contributed by atoms with Crippen LogP contribution in [0.15, 0.2) is 24.3 Å². The Hall–Kier alpha value is -1.20. The molecule has 0 N–H and O–H groups in total. The van der Waals surface area contributed by atoms with Crippen LogP contribution in [-0.4, -0.2) is 12.0 Å². The Labute approximate surface area is 88.7 Å². The van der Waals surface area contributed by atoms with Crippen molar-refractivity contribution in [2.24, 2.45) is 0 Å². The summed E-state index contributed by atoms with van der Waals surface area (Å²) in [4.78, 5) is 1.96. The first-order valence-electron chi connectivity index (χ1n) is 4.68. The second-order valence-electron chi connectivity index (χ2n) is 3.39. The van der Waals surface area contributed by atoms with Gasteiger partial charge in [0, 0.05) is 5.69 Å². The Balaban J connectivity index is 2.37. The van der Waals surface area contributed by atoms with Gasteiger partial charge in [0.05, 0.1) is 6.07 Å². The van der Waals surface area contributed by atoms with Crippen molar-refractivity contribution in [3.8, 4) is 6.07 Å². The fraction of sp³-hybridized carbons (Fsp3) is 0.364. The highest BCUT2D eigenvalue weighted by atomic mass is 35.5. The molecule has 0 radical (unpaired) electrons. The summed E-state index contributed by atoms with van der Waals surface area (Å²) < 4.78 is 0. The van der Waals surface area contributed by atoms with Crippen molar-refractivity contribution in [3.63, 3.8) is 0 Å². The molecule has 2 nitrogen and oxygen atoms in total. The number of aryl methyl sites for hydroxylation is 1. The molecule has 1 aromatic rings. The fourth-order valence-electron chi connectivity index (χ4n) is 1.84. The molecule has 0 unspecified atom stereocenters. The first-order chi connectivity index (χ1) is 6.83. The Bertz CT molecular complexity index is 370. The molecule has 1 aliphatic rings. The predicted molar refractivity (Wildman–Crippen MR) is 57.4 cm³/mol. The van der Waals surface area contributed by atoms with Crippen molar-refractivity contribution >= 4 is 17.3 Å². The summed E-state index contributed by atoms with van der Waals surface area (Å²) in [6, 6.07) is 10.3. The van der Waals surface area contributed by atoms with Crippen LogP contribution in [0.4, 0.5) is 5.69 Å². The minimum absolute atomic E-state index is 0.0375. The lowest BCUT2D eigenvalue weighted by molar-refractivity contribution is 0.676. The smallest absolute Gasteiger partial charge is 0.107 e. The molecule has 2 rings (SSSR count). The van der Waals surface area contributed by atoms with E-state index in [-0.39, 0.29) is 5.50 Å². The maximum atomic E-state index is 8.71. The molecule has 14 heavy (non-hydrogen) atoms. The number of nitriles is 1. The molecule has 0 saturated carbocycles. The van der Waals surface area contributed by atoms with E-state index in [0.29, 0.717) is 6.54 Å². The largest absolute Gasteiger partial charge is 0.342 e. The van der Waals surface area contributed by atoms with Crippen LogP contribution >= 0.6 is 11.6 Å². The molecule has 0 bridgehead atoms. The number of hydrogen-bond acceptors (Lipinski definition) is 2. The monoisotopic (exact) mass is 206 g/mol. The Morgan fingerprint density at radius 1 is 1.50 bits per heavy atom. The first-order valence-corrected chi connectivity index (χ1v) is 5.12. The summed E-state index contributed by atoms with van der Waals surface area (Å²) >= 11 is 6.16. The van der Waals surface area contributed by atoms with Gasteiger partial charge in [-0.2, -0.15) is 5.26 Å². The lowest BCUT2D eigenvalue weighted by Gasteiger charge is -2.33. The number of rotatable bonds is 1.